The van der Waals surface area contributed by atoms with Crippen LogP contribution in [-0.2, 0) is 6.42 Å². The Bertz CT molecular complexity index is 428. The molecule has 100 valence electrons. The molecule has 1 unspecified atom stereocenters. The van der Waals surface area contributed by atoms with Crippen LogP contribution in [0.1, 0.15) is 29.7 Å². The lowest BCUT2D eigenvalue weighted by Crippen LogP contribution is -2.44. The monoisotopic (exact) mass is 252 g/mol. The van der Waals surface area contributed by atoms with Crippen LogP contribution in [0.15, 0.2) is 6.20 Å². The zero-order valence-corrected chi connectivity index (χ0v) is 11.3. The maximum atomic E-state index is 14.6. The summed E-state index contributed by atoms with van der Waals surface area (Å²) < 4.78 is 20.0. The summed E-state index contributed by atoms with van der Waals surface area (Å²) in [5, 5.41) is 3.12. The summed E-state index contributed by atoms with van der Waals surface area (Å²) in [5.41, 5.74) is 1.59. The van der Waals surface area contributed by atoms with Gasteiger partial charge in [-0.1, -0.05) is 0 Å². The van der Waals surface area contributed by atoms with E-state index in [1.165, 1.54) is 0 Å². The number of aromatic nitrogens is 1. The molecular formula is C14H21FN2O. The molecule has 1 N–H and O–H groups in total. The highest BCUT2D eigenvalue weighted by Crippen LogP contribution is 2.30. The van der Waals surface area contributed by atoms with Crippen LogP contribution in [0.2, 0.25) is 0 Å². The van der Waals surface area contributed by atoms with Crippen molar-refractivity contribution in [3.05, 3.63) is 23.0 Å². The standard InChI is InChI=1S/C14H21FN2O/c1-10-8-17-12(11(2)13(10)18-3)7-14(15)5-4-6-16-9-14/h8,16H,4-7,9H2,1-3H3. The lowest BCUT2D eigenvalue weighted by atomic mass is 9.89. The largest absolute Gasteiger partial charge is 0.496 e. The van der Waals surface area contributed by atoms with Crippen molar-refractivity contribution in [2.45, 2.75) is 38.8 Å². The highest BCUT2D eigenvalue weighted by Gasteiger charge is 2.33. The summed E-state index contributed by atoms with van der Waals surface area (Å²) in [6, 6.07) is 0. The average molecular weight is 252 g/mol. The van der Waals surface area contributed by atoms with E-state index in [1.54, 1.807) is 13.3 Å². The lowest BCUT2D eigenvalue weighted by molar-refractivity contribution is 0.121. The smallest absolute Gasteiger partial charge is 0.129 e. The number of piperidine rings is 1. The molecule has 2 rings (SSSR count). The molecule has 0 spiro atoms. The third kappa shape index (κ3) is 2.64. The normalized spacial score (nSPS) is 24.0. The van der Waals surface area contributed by atoms with E-state index < -0.39 is 5.67 Å². The van der Waals surface area contributed by atoms with Gasteiger partial charge in [0.1, 0.15) is 11.4 Å². The van der Waals surface area contributed by atoms with Crippen LogP contribution in [0.5, 0.6) is 5.75 Å². The SMILES string of the molecule is COc1c(C)cnc(CC2(F)CCCNC2)c1C. The summed E-state index contributed by atoms with van der Waals surface area (Å²) in [7, 11) is 1.65. The second kappa shape index (κ2) is 5.22. The number of pyridine rings is 1. The fourth-order valence-electron chi connectivity index (χ4n) is 2.63. The molecule has 1 fully saturated rings. The maximum absolute atomic E-state index is 14.6. The van der Waals surface area contributed by atoms with Crippen molar-refractivity contribution in [2.24, 2.45) is 0 Å². The third-order valence-electron chi connectivity index (χ3n) is 3.65. The summed E-state index contributed by atoms with van der Waals surface area (Å²) in [4.78, 5) is 4.38. The molecule has 18 heavy (non-hydrogen) atoms. The fourth-order valence-corrected chi connectivity index (χ4v) is 2.63. The van der Waals surface area contributed by atoms with E-state index >= 15 is 0 Å². The molecule has 1 aromatic rings. The number of hydrogen-bond acceptors (Lipinski definition) is 3. The number of methoxy groups -OCH3 is 1. The number of ether oxygens (including phenoxy) is 1. The first-order valence-corrected chi connectivity index (χ1v) is 6.44. The minimum absolute atomic E-state index is 0.364. The predicted molar refractivity (Wildman–Crippen MR) is 69.9 cm³/mol. The zero-order chi connectivity index (χ0) is 13.2. The van der Waals surface area contributed by atoms with Crippen molar-refractivity contribution >= 4 is 0 Å². The van der Waals surface area contributed by atoms with Gasteiger partial charge in [0.15, 0.2) is 0 Å². The third-order valence-corrected chi connectivity index (χ3v) is 3.65. The van der Waals surface area contributed by atoms with Gasteiger partial charge in [0.05, 0.1) is 12.8 Å². The molecule has 1 aliphatic rings. The molecule has 1 aliphatic heterocycles. The summed E-state index contributed by atoms with van der Waals surface area (Å²) >= 11 is 0. The highest BCUT2D eigenvalue weighted by molar-refractivity contribution is 5.41. The van der Waals surface area contributed by atoms with Gasteiger partial charge in [-0.05, 0) is 33.2 Å². The Morgan fingerprint density at radius 3 is 2.89 bits per heavy atom. The number of halogens is 1. The van der Waals surface area contributed by atoms with Crippen molar-refractivity contribution in [1.82, 2.24) is 10.3 Å². The first kappa shape index (κ1) is 13.3. The van der Waals surface area contributed by atoms with Crippen molar-refractivity contribution in [3.63, 3.8) is 0 Å². The first-order chi connectivity index (χ1) is 8.56. The molecule has 0 amide bonds. The quantitative estimate of drug-likeness (QED) is 0.896. The maximum Gasteiger partial charge on any atom is 0.129 e. The molecule has 0 radical (unpaired) electrons. The Morgan fingerprint density at radius 1 is 1.50 bits per heavy atom. The van der Waals surface area contributed by atoms with Gasteiger partial charge in [0.2, 0.25) is 0 Å². The van der Waals surface area contributed by atoms with E-state index in [1.807, 2.05) is 13.8 Å². The van der Waals surface area contributed by atoms with Gasteiger partial charge in [-0.3, -0.25) is 4.98 Å². The molecule has 1 atom stereocenters. The minimum atomic E-state index is -1.17. The Hall–Kier alpha value is -1.16. The van der Waals surface area contributed by atoms with Crippen molar-refractivity contribution in [1.29, 1.82) is 0 Å². The van der Waals surface area contributed by atoms with Crippen LogP contribution < -0.4 is 10.1 Å². The second-order valence-corrected chi connectivity index (χ2v) is 5.15. The molecule has 3 nitrogen and oxygen atoms in total. The lowest BCUT2D eigenvalue weighted by Gasteiger charge is -2.30. The molecule has 1 saturated heterocycles. The number of nitrogens with one attached hydrogen (secondary N) is 1. The van der Waals surface area contributed by atoms with Gasteiger partial charge >= 0.3 is 0 Å². The Labute approximate surface area is 108 Å². The number of aryl methyl sites for hydroxylation is 1. The van der Waals surface area contributed by atoms with Crippen LogP contribution in [-0.4, -0.2) is 30.9 Å². The van der Waals surface area contributed by atoms with E-state index in [9.17, 15) is 4.39 Å². The predicted octanol–water partition coefficient (Wildman–Crippen LogP) is 2.34. The summed E-state index contributed by atoms with van der Waals surface area (Å²) in [6.07, 6.45) is 3.62. The molecule has 1 aromatic heterocycles. The van der Waals surface area contributed by atoms with E-state index in [0.29, 0.717) is 19.4 Å². The second-order valence-electron chi connectivity index (χ2n) is 5.15. The fraction of sp³-hybridized carbons (Fsp3) is 0.643. The molecule has 0 bridgehead atoms. The van der Waals surface area contributed by atoms with Gasteiger partial charge in [0, 0.05) is 30.3 Å². The van der Waals surface area contributed by atoms with Crippen molar-refractivity contribution in [2.75, 3.05) is 20.2 Å². The molecule has 0 aromatic carbocycles. The van der Waals surface area contributed by atoms with Crippen molar-refractivity contribution < 1.29 is 9.13 Å². The molecule has 0 aliphatic carbocycles. The Morgan fingerprint density at radius 2 is 2.28 bits per heavy atom. The van der Waals surface area contributed by atoms with E-state index in [2.05, 4.69) is 10.3 Å². The molecule has 0 saturated carbocycles. The van der Waals surface area contributed by atoms with Gasteiger partial charge in [-0.2, -0.15) is 0 Å². The number of rotatable bonds is 3. The van der Waals surface area contributed by atoms with Crippen LogP contribution in [0.25, 0.3) is 0 Å². The zero-order valence-electron chi connectivity index (χ0n) is 11.3. The first-order valence-electron chi connectivity index (χ1n) is 6.44. The van der Waals surface area contributed by atoms with Crippen LogP contribution >= 0.6 is 0 Å². The molecular weight excluding hydrogens is 231 g/mol. The van der Waals surface area contributed by atoms with Crippen LogP contribution in [0.3, 0.4) is 0 Å². The van der Waals surface area contributed by atoms with E-state index in [4.69, 9.17) is 4.74 Å². The van der Waals surface area contributed by atoms with E-state index in [0.717, 1.165) is 35.5 Å². The summed E-state index contributed by atoms with van der Waals surface area (Å²) in [6.45, 7) is 5.24. The van der Waals surface area contributed by atoms with E-state index in [-0.39, 0.29) is 0 Å². The molecule has 2 heterocycles. The van der Waals surface area contributed by atoms with Crippen LogP contribution in [0.4, 0.5) is 4.39 Å². The van der Waals surface area contributed by atoms with Gasteiger partial charge < -0.3 is 10.1 Å². The number of hydrogen-bond donors (Lipinski definition) is 1. The minimum Gasteiger partial charge on any atom is -0.496 e. The summed E-state index contributed by atoms with van der Waals surface area (Å²) in [5.74, 6) is 0.826. The highest BCUT2D eigenvalue weighted by atomic mass is 19.1. The van der Waals surface area contributed by atoms with Gasteiger partial charge in [0.25, 0.3) is 0 Å². The van der Waals surface area contributed by atoms with Crippen LogP contribution in [0, 0.1) is 13.8 Å². The topological polar surface area (TPSA) is 34.1 Å². The Kier molecular flexibility index (Phi) is 3.85. The van der Waals surface area contributed by atoms with Gasteiger partial charge in [-0.25, -0.2) is 4.39 Å². The van der Waals surface area contributed by atoms with Gasteiger partial charge in [-0.15, -0.1) is 0 Å². The number of nitrogens with zero attached hydrogens (tertiary/aromatic N) is 1. The van der Waals surface area contributed by atoms with Crippen molar-refractivity contribution in [3.8, 4) is 5.75 Å². The Balaban J connectivity index is 2.23. The number of alkyl halides is 1. The average Bonchev–Trinajstić information content (AvgIpc) is 2.34. The molecule has 4 heteroatoms.